The minimum atomic E-state index is -0.478. The fourth-order valence-corrected chi connectivity index (χ4v) is 4.46. The van der Waals surface area contributed by atoms with E-state index in [0.717, 1.165) is 28.1 Å². The number of benzene rings is 3. The average molecular weight is 478 g/mol. The molecule has 8 heteroatoms. The third kappa shape index (κ3) is 5.07. The Morgan fingerprint density at radius 3 is 2.62 bits per heavy atom. The first-order valence-electron chi connectivity index (χ1n) is 10.7. The predicted molar refractivity (Wildman–Crippen MR) is 131 cm³/mol. The van der Waals surface area contributed by atoms with Gasteiger partial charge in [0.1, 0.15) is 0 Å². The van der Waals surface area contributed by atoms with Crippen molar-refractivity contribution in [2.24, 2.45) is 0 Å². The van der Waals surface area contributed by atoms with Gasteiger partial charge in [-0.05, 0) is 58.8 Å². The van der Waals surface area contributed by atoms with Crippen molar-refractivity contribution in [1.29, 1.82) is 0 Å². The van der Waals surface area contributed by atoms with Gasteiger partial charge in [0.15, 0.2) is 18.1 Å². The van der Waals surface area contributed by atoms with E-state index in [1.54, 1.807) is 31.2 Å². The minimum Gasteiger partial charge on any atom is -0.493 e. The summed E-state index contributed by atoms with van der Waals surface area (Å²) in [5.41, 5.74) is 1.57. The Hall–Kier alpha value is -3.78. The lowest BCUT2D eigenvalue weighted by Crippen LogP contribution is -2.27. The summed E-state index contributed by atoms with van der Waals surface area (Å²) >= 11 is 0.904. The number of amides is 2. The number of nitrogens with zero attached hydrogens (tertiary/aromatic N) is 1. The van der Waals surface area contributed by atoms with Crippen LogP contribution in [0.5, 0.6) is 11.5 Å². The van der Waals surface area contributed by atoms with Gasteiger partial charge in [-0.2, -0.15) is 0 Å². The number of thioether (sulfide) groups is 1. The number of carbonyl (C=O) groups excluding carboxylic acids is 3. The first kappa shape index (κ1) is 23.4. The molecule has 3 aromatic rings. The van der Waals surface area contributed by atoms with Gasteiger partial charge >= 0.3 is 5.97 Å². The van der Waals surface area contributed by atoms with Crippen molar-refractivity contribution in [2.45, 2.75) is 13.5 Å². The standard InChI is InChI=1S/C26H23NO6S/c1-3-32-24(28)16-33-21-12-11-17(13-22(21)31-2)14-23-25(29)27(26(30)34-23)15-19-9-6-8-18-7-4-5-10-20(18)19/h4-14H,3,15-16H2,1-2H3/b23-14+. The molecule has 0 aromatic heterocycles. The SMILES string of the molecule is CCOC(=O)COc1ccc(/C=C2/SC(=O)N(Cc3cccc4ccccc34)C2=O)cc1OC. The number of hydrogen-bond donors (Lipinski definition) is 0. The average Bonchev–Trinajstić information content (AvgIpc) is 3.10. The minimum absolute atomic E-state index is 0.202. The molecule has 0 bridgehead atoms. The van der Waals surface area contributed by atoms with Gasteiger partial charge in [0.25, 0.3) is 11.1 Å². The number of fused-ring (bicyclic) bond motifs is 1. The number of rotatable bonds is 8. The number of hydrogen-bond acceptors (Lipinski definition) is 7. The Morgan fingerprint density at radius 2 is 1.82 bits per heavy atom. The van der Waals surface area contributed by atoms with Crippen molar-refractivity contribution >= 4 is 45.7 Å². The molecule has 0 atom stereocenters. The molecule has 0 aliphatic carbocycles. The lowest BCUT2D eigenvalue weighted by atomic mass is 10.0. The van der Waals surface area contributed by atoms with Crippen LogP contribution in [0.1, 0.15) is 18.1 Å². The summed E-state index contributed by atoms with van der Waals surface area (Å²) in [5, 5.41) is 1.75. The molecule has 0 saturated carbocycles. The van der Waals surface area contributed by atoms with Crippen LogP contribution < -0.4 is 9.47 Å². The van der Waals surface area contributed by atoms with Crippen LogP contribution in [-0.2, 0) is 20.9 Å². The van der Waals surface area contributed by atoms with Gasteiger partial charge in [-0.15, -0.1) is 0 Å². The Balaban J connectivity index is 1.52. The molecular formula is C26H23NO6S. The van der Waals surface area contributed by atoms with Crippen LogP contribution in [-0.4, -0.2) is 42.3 Å². The summed E-state index contributed by atoms with van der Waals surface area (Å²) in [6.45, 7) is 1.95. The van der Waals surface area contributed by atoms with Gasteiger partial charge in [-0.25, -0.2) is 4.79 Å². The van der Waals surface area contributed by atoms with E-state index in [2.05, 4.69) is 0 Å². The molecule has 1 aliphatic heterocycles. The molecule has 174 valence electrons. The fourth-order valence-electron chi connectivity index (χ4n) is 3.62. The second-order valence-electron chi connectivity index (χ2n) is 7.41. The quantitative estimate of drug-likeness (QED) is 0.333. The molecule has 7 nitrogen and oxygen atoms in total. The van der Waals surface area contributed by atoms with Crippen molar-refractivity contribution in [3.05, 3.63) is 76.7 Å². The third-order valence-electron chi connectivity index (χ3n) is 5.22. The Morgan fingerprint density at radius 1 is 1.03 bits per heavy atom. The molecule has 1 aliphatic rings. The highest BCUT2D eigenvalue weighted by atomic mass is 32.2. The van der Waals surface area contributed by atoms with Crippen LogP contribution in [0, 0.1) is 0 Å². The highest BCUT2D eigenvalue weighted by molar-refractivity contribution is 8.18. The first-order valence-corrected chi connectivity index (χ1v) is 11.5. The Labute approximate surface area is 201 Å². The van der Waals surface area contributed by atoms with E-state index < -0.39 is 5.97 Å². The number of ether oxygens (including phenoxy) is 3. The molecule has 4 rings (SSSR count). The number of methoxy groups -OCH3 is 1. The molecule has 1 fully saturated rings. The van der Waals surface area contributed by atoms with Crippen LogP contribution >= 0.6 is 11.8 Å². The molecule has 1 heterocycles. The first-order chi connectivity index (χ1) is 16.5. The molecular weight excluding hydrogens is 454 g/mol. The molecule has 3 aromatic carbocycles. The predicted octanol–water partition coefficient (Wildman–Crippen LogP) is 5.03. The number of carbonyl (C=O) groups is 3. The smallest absolute Gasteiger partial charge is 0.344 e. The number of esters is 1. The van der Waals surface area contributed by atoms with Crippen LogP contribution in [0.4, 0.5) is 4.79 Å². The zero-order valence-electron chi connectivity index (χ0n) is 18.8. The monoisotopic (exact) mass is 477 g/mol. The van der Waals surface area contributed by atoms with Crippen LogP contribution in [0.2, 0.25) is 0 Å². The van der Waals surface area contributed by atoms with Gasteiger partial charge in [0.05, 0.1) is 25.2 Å². The van der Waals surface area contributed by atoms with Crippen molar-refractivity contribution in [3.63, 3.8) is 0 Å². The summed E-state index contributed by atoms with van der Waals surface area (Å²) in [6, 6.07) is 18.8. The van der Waals surface area contributed by atoms with Gasteiger partial charge in [0.2, 0.25) is 0 Å². The van der Waals surface area contributed by atoms with E-state index >= 15 is 0 Å². The Bertz CT molecular complexity index is 1280. The van der Waals surface area contributed by atoms with Crippen molar-refractivity contribution in [2.75, 3.05) is 20.3 Å². The third-order valence-corrected chi connectivity index (χ3v) is 6.13. The normalized spacial score (nSPS) is 14.6. The van der Waals surface area contributed by atoms with E-state index in [1.807, 2.05) is 42.5 Å². The maximum atomic E-state index is 13.0. The Kier molecular flexibility index (Phi) is 7.18. The van der Waals surface area contributed by atoms with Gasteiger partial charge in [0, 0.05) is 0 Å². The fraction of sp³-hybridized carbons (Fsp3) is 0.192. The van der Waals surface area contributed by atoms with E-state index in [1.165, 1.54) is 12.0 Å². The van der Waals surface area contributed by atoms with Gasteiger partial charge in [-0.1, -0.05) is 48.5 Å². The summed E-state index contributed by atoms with van der Waals surface area (Å²) in [6.07, 6.45) is 1.64. The van der Waals surface area contributed by atoms with E-state index in [4.69, 9.17) is 14.2 Å². The molecule has 0 spiro atoms. The molecule has 0 N–H and O–H groups in total. The van der Waals surface area contributed by atoms with Crippen molar-refractivity contribution in [3.8, 4) is 11.5 Å². The summed E-state index contributed by atoms with van der Waals surface area (Å²) in [4.78, 5) is 38.8. The van der Waals surface area contributed by atoms with Crippen LogP contribution in [0.25, 0.3) is 16.8 Å². The summed E-state index contributed by atoms with van der Waals surface area (Å²) in [5.74, 6) is -0.0529. The zero-order valence-corrected chi connectivity index (χ0v) is 19.6. The second kappa shape index (κ2) is 10.4. The zero-order chi connectivity index (χ0) is 24.1. The topological polar surface area (TPSA) is 82.1 Å². The highest BCUT2D eigenvalue weighted by Crippen LogP contribution is 2.36. The van der Waals surface area contributed by atoms with Gasteiger partial charge < -0.3 is 14.2 Å². The van der Waals surface area contributed by atoms with Crippen LogP contribution in [0.3, 0.4) is 0 Å². The van der Waals surface area contributed by atoms with Crippen LogP contribution in [0.15, 0.2) is 65.6 Å². The van der Waals surface area contributed by atoms with E-state index in [0.29, 0.717) is 22.0 Å². The molecule has 34 heavy (non-hydrogen) atoms. The molecule has 0 radical (unpaired) electrons. The lowest BCUT2D eigenvalue weighted by Gasteiger charge is -2.14. The largest absolute Gasteiger partial charge is 0.493 e. The summed E-state index contributed by atoms with van der Waals surface area (Å²) in [7, 11) is 1.48. The van der Waals surface area contributed by atoms with Gasteiger partial charge in [-0.3, -0.25) is 14.5 Å². The molecule has 2 amide bonds. The maximum Gasteiger partial charge on any atom is 0.344 e. The maximum absolute atomic E-state index is 13.0. The van der Waals surface area contributed by atoms with Crippen molar-refractivity contribution < 1.29 is 28.6 Å². The number of imide groups is 1. The molecule has 1 saturated heterocycles. The summed E-state index contributed by atoms with van der Waals surface area (Å²) < 4.78 is 15.7. The molecule has 0 unspecified atom stereocenters. The van der Waals surface area contributed by atoms with Crippen molar-refractivity contribution in [1.82, 2.24) is 4.90 Å². The lowest BCUT2D eigenvalue weighted by molar-refractivity contribution is -0.145. The highest BCUT2D eigenvalue weighted by Gasteiger charge is 2.35. The van der Waals surface area contributed by atoms with E-state index in [9.17, 15) is 14.4 Å². The second-order valence-corrected chi connectivity index (χ2v) is 8.40. The van der Waals surface area contributed by atoms with E-state index in [-0.39, 0.29) is 30.9 Å².